The zero-order valence-electron chi connectivity index (χ0n) is 20.9. The number of aromatic nitrogens is 4. The third kappa shape index (κ3) is 6.12. The van der Waals surface area contributed by atoms with Gasteiger partial charge in [-0.1, -0.05) is 26.3 Å². The van der Waals surface area contributed by atoms with Crippen molar-refractivity contribution >= 4 is 5.70 Å². The molecule has 0 spiro atoms. The molecule has 4 rings (SSSR count). The van der Waals surface area contributed by atoms with Crippen LogP contribution in [0, 0.1) is 11.6 Å². The molecule has 8 nitrogen and oxygen atoms in total. The summed E-state index contributed by atoms with van der Waals surface area (Å²) < 4.78 is 33.8. The molecule has 0 fully saturated rings. The zero-order chi connectivity index (χ0) is 26.5. The quantitative estimate of drug-likeness (QED) is 0.450. The van der Waals surface area contributed by atoms with Gasteiger partial charge >= 0.3 is 0 Å². The van der Waals surface area contributed by atoms with Crippen LogP contribution in [-0.2, 0) is 5.60 Å². The number of hydrogen-bond acceptors (Lipinski definition) is 8. The lowest BCUT2D eigenvalue weighted by atomic mass is 9.84. The van der Waals surface area contributed by atoms with Crippen LogP contribution in [0.2, 0.25) is 0 Å². The van der Waals surface area contributed by atoms with Gasteiger partial charge < -0.3 is 21.0 Å². The van der Waals surface area contributed by atoms with E-state index in [-0.39, 0.29) is 29.0 Å². The largest absolute Gasteiger partial charge is 0.416 e. The maximum Gasteiger partial charge on any atom is 0.268 e. The summed E-state index contributed by atoms with van der Waals surface area (Å²) >= 11 is 0. The maximum absolute atomic E-state index is 14.1. The van der Waals surface area contributed by atoms with Crippen LogP contribution in [0.3, 0.4) is 0 Å². The monoisotopic (exact) mass is 498 g/mol. The van der Waals surface area contributed by atoms with Gasteiger partial charge in [0.2, 0.25) is 5.89 Å². The average Bonchev–Trinajstić information content (AvgIpc) is 3.32. The highest BCUT2D eigenvalue weighted by Gasteiger charge is 2.27. The molecule has 5 N–H and O–H groups in total. The SMILES string of the molecule is CC(C)(O)c1nnc(-c2cncc(C3CCCC(/C=C(\N)c4c(F)cccc4F)=C3N)n2)o1.CCC. The lowest BCUT2D eigenvalue weighted by Gasteiger charge is -2.25. The number of nitrogens with two attached hydrogens (primary N) is 2. The van der Waals surface area contributed by atoms with Gasteiger partial charge in [0, 0.05) is 23.5 Å². The molecule has 1 atom stereocenters. The number of hydrogen-bond donors (Lipinski definition) is 3. The molecule has 192 valence electrons. The topological polar surface area (TPSA) is 137 Å². The number of halogens is 2. The predicted octanol–water partition coefficient (Wildman–Crippen LogP) is 4.93. The standard InChI is InChI=1S/C23H24F2N6O2.C3H8/c1-23(2,32)22-31-30-21(33-22)18-11-28-10-17(29-18)13-6-3-5-12(20(13)27)9-16(26)19-14(24)7-4-8-15(19)25;1-3-2/h4,7-11,13,32H,3,5-6,26-27H2,1-2H3;3H2,1-2H3/b16-9-;. The fourth-order valence-corrected chi connectivity index (χ4v) is 3.74. The number of nitrogens with zero attached hydrogens (tertiary/aromatic N) is 4. The fourth-order valence-electron chi connectivity index (χ4n) is 3.74. The van der Waals surface area contributed by atoms with Crippen molar-refractivity contribution in [1.29, 1.82) is 0 Å². The van der Waals surface area contributed by atoms with Gasteiger partial charge in [-0.3, -0.25) is 4.98 Å². The first-order valence-corrected chi connectivity index (χ1v) is 11.9. The smallest absolute Gasteiger partial charge is 0.268 e. The summed E-state index contributed by atoms with van der Waals surface area (Å²) in [6.07, 6.45) is 7.96. The van der Waals surface area contributed by atoms with Crippen molar-refractivity contribution < 1.29 is 18.3 Å². The number of allylic oxidation sites excluding steroid dienone is 3. The number of benzene rings is 1. The highest BCUT2D eigenvalue weighted by atomic mass is 19.1. The molecule has 0 aliphatic heterocycles. The molecule has 36 heavy (non-hydrogen) atoms. The maximum atomic E-state index is 14.1. The Kier molecular flexibility index (Phi) is 8.52. The fraction of sp³-hybridized carbons (Fsp3) is 0.385. The Hall–Kier alpha value is -3.66. The van der Waals surface area contributed by atoms with E-state index < -0.39 is 17.2 Å². The van der Waals surface area contributed by atoms with E-state index in [1.54, 1.807) is 6.20 Å². The third-order valence-electron chi connectivity index (χ3n) is 5.44. The van der Waals surface area contributed by atoms with Gasteiger partial charge in [0.1, 0.15) is 22.9 Å². The van der Waals surface area contributed by atoms with Gasteiger partial charge in [-0.25, -0.2) is 13.8 Å². The van der Waals surface area contributed by atoms with Gasteiger partial charge in [-0.05, 0) is 56.9 Å². The van der Waals surface area contributed by atoms with Crippen LogP contribution in [0.1, 0.15) is 76.4 Å². The van der Waals surface area contributed by atoms with E-state index >= 15 is 0 Å². The van der Waals surface area contributed by atoms with E-state index in [4.69, 9.17) is 15.9 Å². The Morgan fingerprint density at radius 3 is 2.47 bits per heavy atom. The van der Waals surface area contributed by atoms with Gasteiger partial charge in [0.15, 0.2) is 0 Å². The van der Waals surface area contributed by atoms with Crippen LogP contribution in [0.25, 0.3) is 17.3 Å². The van der Waals surface area contributed by atoms with Crippen molar-refractivity contribution in [2.45, 2.75) is 64.9 Å². The molecule has 0 radical (unpaired) electrons. The van der Waals surface area contributed by atoms with E-state index in [0.717, 1.165) is 18.6 Å². The Bertz CT molecular complexity index is 1240. The molecule has 1 aromatic carbocycles. The second-order valence-corrected chi connectivity index (χ2v) is 9.13. The minimum absolute atomic E-state index is 0.0333. The van der Waals surface area contributed by atoms with Crippen LogP contribution in [0.15, 0.2) is 52.4 Å². The van der Waals surface area contributed by atoms with Crippen molar-refractivity contribution in [3.05, 3.63) is 76.7 Å². The summed E-state index contributed by atoms with van der Waals surface area (Å²) in [6, 6.07) is 3.59. The van der Waals surface area contributed by atoms with E-state index in [1.165, 1.54) is 38.6 Å². The van der Waals surface area contributed by atoms with E-state index in [1.807, 2.05) is 0 Å². The summed E-state index contributed by atoms with van der Waals surface area (Å²) in [6.45, 7) is 7.32. The van der Waals surface area contributed by atoms with Gasteiger partial charge in [0.25, 0.3) is 5.89 Å². The molecular formula is C26H32F2N6O2. The Morgan fingerprint density at radius 2 is 1.86 bits per heavy atom. The van der Waals surface area contributed by atoms with Crippen LogP contribution >= 0.6 is 0 Å². The lowest BCUT2D eigenvalue weighted by molar-refractivity contribution is 0.0487. The van der Waals surface area contributed by atoms with Crippen molar-refractivity contribution in [3.63, 3.8) is 0 Å². The Morgan fingerprint density at radius 1 is 1.19 bits per heavy atom. The van der Waals surface area contributed by atoms with Crippen molar-refractivity contribution in [2.24, 2.45) is 11.5 Å². The zero-order valence-corrected chi connectivity index (χ0v) is 20.9. The minimum Gasteiger partial charge on any atom is -0.416 e. The second-order valence-electron chi connectivity index (χ2n) is 9.13. The van der Waals surface area contributed by atoms with E-state index in [0.29, 0.717) is 35.5 Å². The number of rotatable bonds is 5. The molecule has 2 heterocycles. The normalized spacial score (nSPS) is 16.5. The summed E-state index contributed by atoms with van der Waals surface area (Å²) in [5.74, 6) is -1.56. The second kappa shape index (κ2) is 11.4. The molecule has 1 unspecified atom stereocenters. The molecule has 2 aromatic heterocycles. The first-order chi connectivity index (χ1) is 17.1. The molecule has 0 amide bonds. The molecule has 0 bridgehead atoms. The first-order valence-electron chi connectivity index (χ1n) is 11.9. The molecule has 0 saturated carbocycles. The molecule has 1 aliphatic carbocycles. The number of aliphatic hydroxyl groups is 1. The molecule has 1 aliphatic rings. The molecule has 0 saturated heterocycles. The average molecular weight is 499 g/mol. The predicted molar refractivity (Wildman–Crippen MR) is 133 cm³/mol. The van der Waals surface area contributed by atoms with Crippen molar-refractivity contribution in [2.75, 3.05) is 0 Å². The summed E-state index contributed by atoms with van der Waals surface area (Å²) in [5, 5.41) is 17.8. The third-order valence-corrected chi connectivity index (χ3v) is 5.44. The van der Waals surface area contributed by atoms with Gasteiger partial charge in [-0.2, -0.15) is 0 Å². The van der Waals surface area contributed by atoms with Gasteiger partial charge in [0.05, 0.1) is 17.5 Å². The Labute approximate surface area is 209 Å². The molecule has 10 heteroatoms. The van der Waals surface area contributed by atoms with E-state index in [9.17, 15) is 13.9 Å². The lowest BCUT2D eigenvalue weighted by Crippen LogP contribution is -2.19. The molecule has 3 aromatic rings. The molecular weight excluding hydrogens is 466 g/mol. The van der Waals surface area contributed by atoms with Crippen molar-refractivity contribution in [3.8, 4) is 11.6 Å². The Balaban J connectivity index is 0.00000115. The first kappa shape index (κ1) is 26.9. The van der Waals surface area contributed by atoms with Crippen molar-refractivity contribution in [1.82, 2.24) is 20.2 Å². The van der Waals surface area contributed by atoms with Crippen LogP contribution in [0.5, 0.6) is 0 Å². The van der Waals surface area contributed by atoms with Gasteiger partial charge in [-0.15, -0.1) is 10.2 Å². The summed E-state index contributed by atoms with van der Waals surface area (Å²) in [7, 11) is 0. The highest BCUT2D eigenvalue weighted by molar-refractivity contribution is 5.67. The van der Waals surface area contributed by atoms with Crippen LogP contribution in [-0.4, -0.2) is 25.3 Å². The minimum atomic E-state index is -1.29. The highest BCUT2D eigenvalue weighted by Crippen LogP contribution is 2.36. The summed E-state index contributed by atoms with van der Waals surface area (Å²) in [4.78, 5) is 8.81. The van der Waals surface area contributed by atoms with E-state index in [2.05, 4.69) is 34.0 Å². The van der Waals surface area contributed by atoms with Crippen LogP contribution in [0.4, 0.5) is 8.78 Å². The summed E-state index contributed by atoms with van der Waals surface area (Å²) in [5.41, 5.74) is 13.0. The van der Waals surface area contributed by atoms with Crippen LogP contribution < -0.4 is 11.5 Å².